The lowest BCUT2D eigenvalue weighted by molar-refractivity contribution is 0.102. The van der Waals surface area contributed by atoms with Crippen molar-refractivity contribution in [3.63, 3.8) is 0 Å². The van der Waals surface area contributed by atoms with Gasteiger partial charge in [-0.2, -0.15) is 5.10 Å². The van der Waals surface area contributed by atoms with Gasteiger partial charge in [0.15, 0.2) is 11.6 Å². The fraction of sp³-hybridized carbons (Fsp3) is 0. The van der Waals surface area contributed by atoms with Gasteiger partial charge in [-0.3, -0.25) is 29.8 Å². The number of nitrogens with zero attached hydrogens (tertiary/aromatic N) is 6. The van der Waals surface area contributed by atoms with Crippen molar-refractivity contribution in [2.45, 2.75) is 0 Å². The molecule has 0 radical (unpaired) electrons. The predicted molar refractivity (Wildman–Crippen MR) is 148 cm³/mol. The van der Waals surface area contributed by atoms with Crippen LogP contribution in [0.4, 0.5) is 10.1 Å². The van der Waals surface area contributed by atoms with Crippen molar-refractivity contribution in [1.82, 2.24) is 40.1 Å². The molecule has 6 heterocycles. The maximum atomic E-state index is 16.1. The maximum absolute atomic E-state index is 16.1. The first-order valence-corrected chi connectivity index (χ1v) is 12.2. The van der Waals surface area contributed by atoms with Gasteiger partial charge in [0, 0.05) is 47.0 Å². The molecule has 0 bridgehead atoms. The second kappa shape index (κ2) is 9.48. The maximum Gasteiger partial charge on any atom is 0.255 e. The van der Waals surface area contributed by atoms with Gasteiger partial charge in [0.2, 0.25) is 0 Å². The van der Waals surface area contributed by atoms with Crippen molar-refractivity contribution < 1.29 is 9.18 Å². The van der Waals surface area contributed by atoms with Gasteiger partial charge in [0.1, 0.15) is 16.9 Å². The second-order valence-electron chi connectivity index (χ2n) is 8.97. The zero-order chi connectivity index (χ0) is 27.1. The Morgan fingerprint density at radius 2 is 1.68 bits per heavy atom. The number of hydrogen-bond acceptors (Lipinski definition) is 7. The number of anilines is 1. The molecule has 0 aliphatic heterocycles. The molecule has 0 saturated carbocycles. The molecule has 7 aromatic rings. The van der Waals surface area contributed by atoms with E-state index in [2.05, 4.69) is 40.4 Å². The molecule has 11 heteroatoms. The monoisotopic (exact) mass is 527 g/mol. The topological polar surface area (TPSA) is 138 Å². The van der Waals surface area contributed by atoms with Gasteiger partial charge in [-0.25, -0.2) is 9.37 Å². The van der Waals surface area contributed by atoms with Gasteiger partial charge >= 0.3 is 0 Å². The van der Waals surface area contributed by atoms with Crippen LogP contribution in [-0.4, -0.2) is 46.0 Å². The fourth-order valence-electron chi connectivity index (χ4n) is 4.56. The number of carbonyl (C=O) groups excluding carboxylic acids is 1. The Morgan fingerprint density at radius 3 is 2.52 bits per heavy atom. The number of fused-ring (bicyclic) bond motifs is 2. The Morgan fingerprint density at radius 1 is 0.825 bits per heavy atom. The number of hydrogen-bond donors (Lipinski definition) is 3. The Bertz CT molecular complexity index is 2020. The van der Waals surface area contributed by atoms with Gasteiger partial charge in [-0.15, -0.1) is 0 Å². The predicted octanol–water partition coefficient (Wildman–Crippen LogP) is 5.41. The molecule has 3 N–H and O–H groups in total. The molecule has 6 aromatic heterocycles. The van der Waals surface area contributed by atoms with Crippen LogP contribution in [0.15, 0.2) is 91.9 Å². The largest absolute Gasteiger partial charge is 0.335 e. The molecule has 0 unspecified atom stereocenters. The second-order valence-corrected chi connectivity index (χ2v) is 8.97. The molecule has 0 aliphatic carbocycles. The molecule has 192 valence electrons. The summed E-state index contributed by atoms with van der Waals surface area (Å²) >= 11 is 0. The number of pyridine rings is 4. The Hall–Kier alpha value is -5.84. The Labute approximate surface area is 225 Å². The Balaban J connectivity index is 1.29. The molecular weight excluding hydrogens is 509 g/mol. The van der Waals surface area contributed by atoms with Crippen LogP contribution < -0.4 is 5.32 Å². The number of amides is 1. The van der Waals surface area contributed by atoms with Crippen molar-refractivity contribution >= 4 is 33.5 Å². The van der Waals surface area contributed by atoms with Crippen molar-refractivity contribution in [2.24, 2.45) is 0 Å². The number of nitrogens with one attached hydrogen (secondary N) is 3. The number of benzene rings is 1. The van der Waals surface area contributed by atoms with Gasteiger partial charge in [0.25, 0.3) is 5.91 Å². The summed E-state index contributed by atoms with van der Waals surface area (Å²) < 4.78 is 16.1. The standard InChI is InChI=1S/C29H18FN9O/c30-24-23-21(15-34-25(24)18-9-19(12-32-11-18)35-29(40)16-5-2-1-3-6-16)38-39-27(23)28-36-22-14-33-13-20(26(22)37-28)17-7-4-8-31-10-17/h1-15H,(H,35,40)(H,36,37)(H,38,39). The average Bonchev–Trinajstić information content (AvgIpc) is 3.63. The molecule has 0 fully saturated rings. The first-order chi connectivity index (χ1) is 19.7. The zero-order valence-corrected chi connectivity index (χ0v) is 20.6. The summed E-state index contributed by atoms with van der Waals surface area (Å²) in [7, 11) is 0. The number of H-pyrrole nitrogens is 2. The highest BCUT2D eigenvalue weighted by Crippen LogP contribution is 2.34. The molecular formula is C29H18FN9O. The van der Waals surface area contributed by atoms with Crippen molar-refractivity contribution in [3.05, 3.63) is 103 Å². The lowest BCUT2D eigenvalue weighted by Crippen LogP contribution is -2.11. The number of rotatable bonds is 5. The highest BCUT2D eigenvalue weighted by Gasteiger charge is 2.21. The Kier molecular flexibility index (Phi) is 5.52. The summed E-state index contributed by atoms with van der Waals surface area (Å²) in [4.78, 5) is 37.6. The quantitative estimate of drug-likeness (QED) is 0.272. The minimum Gasteiger partial charge on any atom is -0.335 e. The number of halogens is 1. The fourth-order valence-corrected chi connectivity index (χ4v) is 4.56. The number of imidazole rings is 1. The highest BCUT2D eigenvalue weighted by atomic mass is 19.1. The van der Waals surface area contributed by atoms with E-state index < -0.39 is 5.82 Å². The van der Waals surface area contributed by atoms with Crippen LogP contribution in [0, 0.1) is 5.82 Å². The molecule has 1 amide bonds. The number of carbonyl (C=O) groups is 1. The van der Waals surface area contributed by atoms with Crippen LogP contribution in [0.3, 0.4) is 0 Å². The molecule has 0 aliphatic rings. The molecule has 10 nitrogen and oxygen atoms in total. The molecule has 0 saturated heterocycles. The van der Waals surface area contributed by atoms with E-state index in [9.17, 15) is 4.79 Å². The summed E-state index contributed by atoms with van der Waals surface area (Å²) in [5, 5.41) is 10.2. The van der Waals surface area contributed by atoms with Crippen molar-refractivity contribution in [3.8, 4) is 33.9 Å². The van der Waals surface area contributed by atoms with Crippen LogP contribution >= 0.6 is 0 Å². The SMILES string of the molecule is O=C(Nc1cncc(-c2ncc3[nH]nc(-c4nc5c(-c6cccnc6)cncc5[nH]4)c3c2F)c1)c1ccccc1. The highest BCUT2D eigenvalue weighted by molar-refractivity contribution is 6.04. The van der Waals surface area contributed by atoms with E-state index >= 15 is 4.39 Å². The third-order valence-corrected chi connectivity index (χ3v) is 6.44. The van der Waals surface area contributed by atoms with Crippen LogP contribution in [0.25, 0.3) is 55.8 Å². The first-order valence-electron chi connectivity index (χ1n) is 12.2. The average molecular weight is 528 g/mol. The summed E-state index contributed by atoms with van der Waals surface area (Å²) in [6, 6.07) is 14.2. The van der Waals surface area contributed by atoms with Crippen LogP contribution in [0.5, 0.6) is 0 Å². The lowest BCUT2D eigenvalue weighted by atomic mass is 10.1. The third kappa shape index (κ3) is 4.02. The van der Waals surface area contributed by atoms with Gasteiger partial charge < -0.3 is 10.3 Å². The summed E-state index contributed by atoms with van der Waals surface area (Å²) in [5.41, 5.74) is 5.05. The molecule has 40 heavy (non-hydrogen) atoms. The van der Waals surface area contributed by atoms with Gasteiger partial charge in [-0.1, -0.05) is 24.3 Å². The first kappa shape index (κ1) is 23.3. The molecule has 1 aromatic carbocycles. The molecule has 0 spiro atoms. The van der Waals surface area contributed by atoms with Crippen molar-refractivity contribution in [2.75, 3.05) is 5.32 Å². The third-order valence-electron chi connectivity index (χ3n) is 6.44. The van der Waals surface area contributed by atoms with E-state index in [4.69, 9.17) is 4.98 Å². The summed E-state index contributed by atoms with van der Waals surface area (Å²) in [6.07, 6.45) is 11.3. The summed E-state index contributed by atoms with van der Waals surface area (Å²) in [6.45, 7) is 0. The number of aromatic nitrogens is 8. The minimum atomic E-state index is -0.597. The van der Waals surface area contributed by atoms with Crippen LogP contribution in [0.1, 0.15) is 10.4 Å². The number of aromatic amines is 2. The lowest BCUT2D eigenvalue weighted by Gasteiger charge is -2.08. The zero-order valence-electron chi connectivity index (χ0n) is 20.6. The minimum absolute atomic E-state index is 0.0623. The van der Waals surface area contributed by atoms with Gasteiger partial charge in [-0.05, 0) is 24.3 Å². The molecule has 7 rings (SSSR count). The normalized spacial score (nSPS) is 11.2. The molecule has 0 atom stereocenters. The van der Waals surface area contributed by atoms with Crippen LogP contribution in [0.2, 0.25) is 0 Å². The summed E-state index contributed by atoms with van der Waals surface area (Å²) in [5.74, 6) is -0.524. The smallest absolute Gasteiger partial charge is 0.255 e. The van der Waals surface area contributed by atoms with E-state index in [1.807, 2.05) is 18.2 Å². The van der Waals surface area contributed by atoms with E-state index in [0.717, 1.165) is 11.1 Å². The van der Waals surface area contributed by atoms with Gasteiger partial charge in [0.05, 0.1) is 40.7 Å². The van der Waals surface area contributed by atoms with E-state index in [1.54, 1.807) is 55.1 Å². The van der Waals surface area contributed by atoms with E-state index in [0.29, 0.717) is 44.9 Å². The van der Waals surface area contributed by atoms with E-state index in [1.165, 1.54) is 18.6 Å². The van der Waals surface area contributed by atoms with E-state index in [-0.39, 0.29) is 17.0 Å². The van der Waals surface area contributed by atoms with Crippen LogP contribution in [-0.2, 0) is 0 Å². The van der Waals surface area contributed by atoms with Crippen molar-refractivity contribution in [1.29, 1.82) is 0 Å².